The molecule has 4 aromatic rings. The lowest BCUT2D eigenvalue weighted by molar-refractivity contribution is 0.423. The van der Waals surface area contributed by atoms with Crippen LogP contribution in [0.15, 0.2) is 64.1 Å². The van der Waals surface area contributed by atoms with Crippen molar-refractivity contribution in [3.63, 3.8) is 0 Å². The fourth-order valence-electron chi connectivity index (χ4n) is 3.27. The number of fused-ring (bicyclic) bond motifs is 1. The fourth-order valence-corrected chi connectivity index (χ4v) is 3.49. The van der Waals surface area contributed by atoms with E-state index in [2.05, 4.69) is 27.6 Å². The Morgan fingerprint density at radius 3 is 2.74 bits per heavy atom. The second-order valence-corrected chi connectivity index (χ2v) is 7.00. The van der Waals surface area contributed by atoms with E-state index in [1.54, 1.807) is 16.7 Å². The zero-order chi connectivity index (χ0) is 18.4. The number of anilines is 2. The minimum absolute atomic E-state index is 0.408. The number of nitrogens with one attached hydrogen (secondary N) is 1. The first-order valence-corrected chi connectivity index (χ1v) is 9.07. The number of hydrogen-bond acceptors (Lipinski definition) is 5. The Morgan fingerprint density at radius 2 is 2.00 bits per heavy atom. The fraction of sp³-hybridized carbons (Fsp3) is 0.150. The van der Waals surface area contributed by atoms with Crippen molar-refractivity contribution in [2.45, 2.75) is 18.8 Å². The van der Waals surface area contributed by atoms with Crippen molar-refractivity contribution < 1.29 is 4.52 Å². The summed E-state index contributed by atoms with van der Waals surface area (Å²) in [7, 11) is 0. The summed E-state index contributed by atoms with van der Waals surface area (Å²) in [5.74, 6) is 1.49. The van der Waals surface area contributed by atoms with E-state index in [4.69, 9.17) is 16.1 Å². The molecule has 6 nitrogen and oxygen atoms in total. The van der Waals surface area contributed by atoms with Crippen molar-refractivity contribution in [1.82, 2.24) is 14.7 Å². The first-order valence-electron chi connectivity index (χ1n) is 8.70. The van der Waals surface area contributed by atoms with Crippen LogP contribution in [0.4, 0.5) is 11.6 Å². The molecule has 0 amide bonds. The van der Waals surface area contributed by atoms with Crippen LogP contribution in [0.1, 0.15) is 24.3 Å². The number of benzene rings is 2. The summed E-state index contributed by atoms with van der Waals surface area (Å²) < 4.78 is 6.42. The second-order valence-electron chi connectivity index (χ2n) is 6.59. The van der Waals surface area contributed by atoms with Crippen LogP contribution in [0.25, 0.3) is 16.6 Å². The van der Waals surface area contributed by atoms with Gasteiger partial charge in [-0.1, -0.05) is 35.0 Å². The highest BCUT2D eigenvalue weighted by atomic mass is 35.5. The van der Waals surface area contributed by atoms with Crippen LogP contribution in [0.5, 0.6) is 0 Å². The van der Waals surface area contributed by atoms with E-state index in [0.717, 1.165) is 10.9 Å². The van der Waals surface area contributed by atoms with Gasteiger partial charge in [0.15, 0.2) is 5.82 Å². The first kappa shape index (κ1) is 16.1. The highest BCUT2D eigenvalue weighted by Crippen LogP contribution is 2.41. The molecule has 1 N–H and O–H groups in total. The van der Waals surface area contributed by atoms with Gasteiger partial charge >= 0.3 is 5.69 Å². The van der Waals surface area contributed by atoms with Crippen LogP contribution >= 0.6 is 11.6 Å². The molecule has 1 aliphatic carbocycles. The Kier molecular flexibility index (Phi) is 3.72. The molecule has 134 valence electrons. The van der Waals surface area contributed by atoms with Crippen molar-refractivity contribution in [3.8, 4) is 5.69 Å². The lowest BCUT2D eigenvalue weighted by atomic mass is 10.1. The molecule has 0 unspecified atom stereocenters. The van der Waals surface area contributed by atoms with Gasteiger partial charge in [-0.25, -0.2) is 4.79 Å². The zero-order valence-electron chi connectivity index (χ0n) is 14.2. The van der Waals surface area contributed by atoms with Crippen LogP contribution in [-0.4, -0.2) is 14.7 Å². The maximum absolute atomic E-state index is 12.9. The molecular weight excluding hydrogens is 364 g/mol. The SMILES string of the molecule is O=c1nc(Nc2ccon2)c2ccc(C3CC3)cc2n1-c1ccccc1Cl. The van der Waals surface area contributed by atoms with Gasteiger partial charge in [0.2, 0.25) is 0 Å². The van der Waals surface area contributed by atoms with Crippen LogP contribution in [-0.2, 0) is 0 Å². The molecule has 7 heteroatoms. The average molecular weight is 379 g/mol. The van der Waals surface area contributed by atoms with Crippen molar-refractivity contribution in [1.29, 1.82) is 0 Å². The topological polar surface area (TPSA) is 73.0 Å². The van der Waals surface area contributed by atoms with E-state index < -0.39 is 5.69 Å². The van der Waals surface area contributed by atoms with E-state index in [9.17, 15) is 4.79 Å². The van der Waals surface area contributed by atoms with E-state index in [0.29, 0.717) is 28.3 Å². The van der Waals surface area contributed by atoms with E-state index >= 15 is 0 Å². The molecule has 1 fully saturated rings. The van der Waals surface area contributed by atoms with Crippen molar-refractivity contribution in [3.05, 3.63) is 75.9 Å². The highest BCUT2D eigenvalue weighted by molar-refractivity contribution is 6.32. The Balaban J connectivity index is 1.79. The Hall–Kier alpha value is -3.12. The lowest BCUT2D eigenvalue weighted by Crippen LogP contribution is -2.23. The molecule has 0 spiro atoms. The molecule has 0 atom stereocenters. The summed E-state index contributed by atoms with van der Waals surface area (Å²) in [4.78, 5) is 17.2. The van der Waals surface area contributed by atoms with Crippen molar-refractivity contribution in [2.24, 2.45) is 0 Å². The number of hydrogen-bond donors (Lipinski definition) is 1. The van der Waals surface area contributed by atoms with Crippen LogP contribution in [0.3, 0.4) is 0 Å². The summed E-state index contributed by atoms with van der Waals surface area (Å²) in [5, 5.41) is 8.21. The molecule has 1 saturated carbocycles. The molecule has 0 radical (unpaired) electrons. The summed E-state index contributed by atoms with van der Waals surface area (Å²) in [6.45, 7) is 0. The molecule has 0 saturated heterocycles. The van der Waals surface area contributed by atoms with Gasteiger partial charge in [0.05, 0.1) is 16.2 Å². The number of aromatic nitrogens is 3. The van der Waals surface area contributed by atoms with Gasteiger partial charge in [0, 0.05) is 11.5 Å². The summed E-state index contributed by atoms with van der Waals surface area (Å²) in [5.41, 5.74) is 2.19. The molecule has 2 heterocycles. The predicted molar refractivity (Wildman–Crippen MR) is 104 cm³/mol. The van der Waals surface area contributed by atoms with Gasteiger partial charge < -0.3 is 9.84 Å². The molecule has 2 aromatic heterocycles. The van der Waals surface area contributed by atoms with Crippen LogP contribution in [0, 0.1) is 0 Å². The summed E-state index contributed by atoms with van der Waals surface area (Å²) >= 11 is 6.38. The smallest absolute Gasteiger partial charge is 0.354 e. The largest absolute Gasteiger partial charge is 0.363 e. The highest BCUT2D eigenvalue weighted by Gasteiger charge is 2.25. The molecule has 0 bridgehead atoms. The van der Waals surface area contributed by atoms with E-state index in [1.807, 2.05) is 24.3 Å². The maximum Gasteiger partial charge on any atom is 0.354 e. The Morgan fingerprint density at radius 1 is 1.15 bits per heavy atom. The third-order valence-electron chi connectivity index (χ3n) is 4.74. The summed E-state index contributed by atoms with van der Waals surface area (Å²) in [6.07, 6.45) is 3.81. The van der Waals surface area contributed by atoms with Gasteiger partial charge in [-0.2, -0.15) is 4.98 Å². The van der Waals surface area contributed by atoms with Crippen LogP contribution < -0.4 is 11.0 Å². The van der Waals surface area contributed by atoms with Crippen molar-refractivity contribution in [2.75, 3.05) is 5.32 Å². The first-order chi connectivity index (χ1) is 13.2. The number of para-hydroxylation sites is 1. The summed E-state index contributed by atoms with van der Waals surface area (Å²) in [6, 6.07) is 15.1. The molecule has 1 aliphatic rings. The minimum atomic E-state index is -0.408. The Bertz CT molecular complexity index is 1200. The maximum atomic E-state index is 12.9. The monoisotopic (exact) mass is 378 g/mol. The van der Waals surface area contributed by atoms with E-state index in [-0.39, 0.29) is 0 Å². The van der Waals surface area contributed by atoms with Crippen LogP contribution in [0.2, 0.25) is 5.02 Å². The molecular formula is C20H15ClN4O2. The Labute approximate surface area is 159 Å². The van der Waals surface area contributed by atoms with E-state index in [1.165, 1.54) is 24.7 Å². The zero-order valence-corrected chi connectivity index (χ0v) is 15.0. The number of rotatable bonds is 4. The van der Waals surface area contributed by atoms with Gasteiger partial charge in [-0.3, -0.25) is 4.57 Å². The molecule has 0 aliphatic heterocycles. The lowest BCUT2D eigenvalue weighted by Gasteiger charge is -2.15. The molecule has 2 aromatic carbocycles. The van der Waals surface area contributed by atoms with Gasteiger partial charge in [-0.05, 0) is 48.6 Å². The van der Waals surface area contributed by atoms with Gasteiger partial charge in [0.25, 0.3) is 0 Å². The minimum Gasteiger partial charge on any atom is -0.363 e. The predicted octanol–water partition coefficient (Wildman–Crippen LogP) is 4.65. The normalized spacial score (nSPS) is 13.8. The third kappa shape index (κ3) is 2.88. The average Bonchev–Trinajstić information content (AvgIpc) is 3.40. The molecule has 5 rings (SSSR count). The van der Waals surface area contributed by atoms with Gasteiger partial charge in [0.1, 0.15) is 12.1 Å². The number of halogens is 1. The van der Waals surface area contributed by atoms with Crippen molar-refractivity contribution >= 4 is 34.1 Å². The second kappa shape index (κ2) is 6.25. The number of nitrogens with zero attached hydrogens (tertiary/aromatic N) is 3. The molecule has 27 heavy (non-hydrogen) atoms. The standard InChI is InChI=1S/C20H15ClN4O2/c21-15-3-1-2-4-16(15)25-17-11-13(12-5-6-12)7-8-14(17)19(23-20(25)26)22-18-9-10-27-24-18/h1-4,7-12H,5-6H2,(H,22,23,24,26). The third-order valence-corrected chi connectivity index (χ3v) is 5.06. The van der Waals surface area contributed by atoms with Gasteiger partial charge in [-0.15, -0.1) is 0 Å². The quantitative estimate of drug-likeness (QED) is 0.559.